The molecule has 0 radical (unpaired) electrons. The van der Waals surface area contributed by atoms with E-state index in [1.54, 1.807) is 12.4 Å². The first-order valence-electron chi connectivity index (χ1n) is 17.3. The van der Waals surface area contributed by atoms with Crippen LogP contribution in [0, 0.1) is 0 Å². The third-order valence-corrected chi connectivity index (χ3v) is 9.58. The number of urea groups is 1. The standard InChI is InChI=1S/C42H36N8O2/c1-29-14-13-23-52-39-37(29)24-30(25-38(39)46-41(51)45-34-26-43-28-44-27-34)35-21-11-12-22-36(35)40-47-48-49-50(40)42(31-15-5-2-6-16-31,32-17-7-3-8-18-32)33-19-9-4-10-20-33/h2-12,15-22,24-29H,13-14,23H2,1H3,(H2,45,46,51). The minimum atomic E-state index is -0.919. The third-order valence-electron chi connectivity index (χ3n) is 9.58. The minimum absolute atomic E-state index is 0.197. The topological polar surface area (TPSA) is 120 Å². The van der Waals surface area contributed by atoms with Gasteiger partial charge in [-0.2, -0.15) is 0 Å². The molecule has 3 heterocycles. The number of rotatable bonds is 8. The Hall–Kier alpha value is -6.68. The number of hydrogen-bond acceptors (Lipinski definition) is 7. The Morgan fingerprint density at radius 1 is 0.769 bits per heavy atom. The van der Waals surface area contributed by atoms with Gasteiger partial charge in [-0.05, 0) is 74.7 Å². The molecule has 1 atom stereocenters. The number of ether oxygens (including phenoxy) is 1. The fourth-order valence-corrected chi connectivity index (χ4v) is 7.21. The second kappa shape index (κ2) is 14.3. The molecule has 5 aromatic carbocycles. The highest BCUT2D eigenvalue weighted by Crippen LogP contribution is 2.46. The van der Waals surface area contributed by atoms with Crippen molar-refractivity contribution in [2.75, 3.05) is 17.2 Å². The summed E-state index contributed by atoms with van der Waals surface area (Å²) >= 11 is 0. The molecular weight excluding hydrogens is 649 g/mol. The van der Waals surface area contributed by atoms with Gasteiger partial charge in [-0.15, -0.1) is 5.10 Å². The van der Waals surface area contributed by atoms with E-state index >= 15 is 0 Å². The van der Waals surface area contributed by atoms with Gasteiger partial charge in [0.15, 0.2) is 5.82 Å². The van der Waals surface area contributed by atoms with Crippen molar-refractivity contribution in [2.24, 2.45) is 0 Å². The average molecular weight is 685 g/mol. The summed E-state index contributed by atoms with van der Waals surface area (Å²) < 4.78 is 8.24. The zero-order valence-corrected chi connectivity index (χ0v) is 28.6. The van der Waals surface area contributed by atoms with E-state index in [2.05, 4.69) is 81.3 Å². The zero-order valence-electron chi connectivity index (χ0n) is 28.6. The molecule has 0 spiro atoms. The lowest BCUT2D eigenvalue weighted by Crippen LogP contribution is -2.39. The van der Waals surface area contributed by atoms with E-state index in [4.69, 9.17) is 15.0 Å². The molecule has 1 aliphatic heterocycles. The largest absolute Gasteiger partial charge is 0.491 e. The highest BCUT2D eigenvalue weighted by atomic mass is 16.5. The monoisotopic (exact) mass is 684 g/mol. The van der Waals surface area contributed by atoms with Crippen LogP contribution >= 0.6 is 0 Å². The van der Waals surface area contributed by atoms with Crippen LogP contribution < -0.4 is 15.4 Å². The van der Waals surface area contributed by atoms with Gasteiger partial charge in [-0.3, -0.25) is 0 Å². The summed E-state index contributed by atoms with van der Waals surface area (Å²) in [4.78, 5) is 21.4. The Morgan fingerprint density at radius 2 is 1.37 bits per heavy atom. The molecule has 52 heavy (non-hydrogen) atoms. The fourth-order valence-electron chi connectivity index (χ4n) is 7.21. The molecule has 0 saturated heterocycles. The van der Waals surface area contributed by atoms with E-state index in [9.17, 15) is 4.79 Å². The number of fused-ring (bicyclic) bond motifs is 1. The van der Waals surface area contributed by atoms with Crippen molar-refractivity contribution < 1.29 is 9.53 Å². The molecule has 0 aliphatic carbocycles. The van der Waals surface area contributed by atoms with Crippen LogP contribution in [0.1, 0.15) is 47.9 Å². The molecule has 8 rings (SSSR count). The first-order chi connectivity index (χ1) is 25.6. The second-order valence-electron chi connectivity index (χ2n) is 12.8. The van der Waals surface area contributed by atoms with E-state index in [1.165, 1.54) is 6.33 Å². The number of benzene rings is 5. The number of nitrogens with zero attached hydrogens (tertiary/aromatic N) is 6. The van der Waals surface area contributed by atoms with Gasteiger partial charge in [-0.1, -0.05) is 122 Å². The molecule has 10 nitrogen and oxygen atoms in total. The first kappa shape index (κ1) is 32.5. The van der Waals surface area contributed by atoms with Crippen molar-refractivity contribution in [3.05, 3.63) is 168 Å². The van der Waals surface area contributed by atoms with E-state index < -0.39 is 11.6 Å². The van der Waals surface area contributed by atoms with Gasteiger partial charge in [0, 0.05) is 5.56 Å². The molecule has 1 unspecified atom stereocenters. The maximum Gasteiger partial charge on any atom is 0.323 e. The van der Waals surface area contributed by atoms with Crippen LogP contribution in [0.2, 0.25) is 0 Å². The Labute approximate surface area is 301 Å². The van der Waals surface area contributed by atoms with Crippen LogP contribution in [0.4, 0.5) is 16.2 Å². The van der Waals surface area contributed by atoms with Gasteiger partial charge in [0.05, 0.1) is 30.4 Å². The fraction of sp³-hybridized carbons (Fsp3) is 0.143. The van der Waals surface area contributed by atoms with E-state index in [-0.39, 0.29) is 5.92 Å². The van der Waals surface area contributed by atoms with Gasteiger partial charge in [-0.25, -0.2) is 19.4 Å². The number of carbonyl (C=O) groups is 1. The lowest BCUT2D eigenvalue weighted by molar-refractivity contribution is 0.262. The van der Waals surface area contributed by atoms with Crippen molar-refractivity contribution in [1.82, 2.24) is 30.2 Å². The highest BCUT2D eigenvalue weighted by molar-refractivity contribution is 6.01. The van der Waals surface area contributed by atoms with Crippen molar-refractivity contribution in [1.29, 1.82) is 0 Å². The molecule has 2 aromatic heterocycles. The molecule has 0 fully saturated rings. The van der Waals surface area contributed by atoms with Crippen molar-refractivity contribution in [2.45, 2.75) is 31.2 Å². The summed E-state index contributed by atoms with van der Waals surface area (Å²) in [7, 11) is 0. The van der Waals surface area contributed by atoms with Crippen molar-refractivity contribution >= 4 is 17.4 Å². The number of aromatic nitrogens is 6. The first-order valence-corrected chi connectivity index (χ1v) is 17.3. The summed E-state index contributed by atoms with van der Waals surface area (Å²) in [6, 6.07) is 42.9. The summed E-state index contributed by atoms with van der Waals surface area (Å²) in [5.74, 6) is 1.46. The van der Waals surface area contributed by atoms with Crippen LogP contribution in [0.3, 0.4) is 0 Å². The van der Waals surface area contributed by atoms with Gasteiger partial charge in [0.2, 0.25) is 0 Å². The van der Waals surface area contributed by atoms with Crippen LogP contribution in [-0.2, 0) is 5.54 Å². The van der Waals surface area contributed by atoms with Gasteiger partial charge >= 0.3 is 6.03 Å². The summed E-state index contributed by atoms with van der Waals surface area (Å²) in [5.41, 5.74) is 6.81. The van der Waals surface area contributed by atoms with E-state index in [0.29, 0.717) is 29.6 Å². The Balaban J connectivity index is 1.32. The average Bonchev–Trinajstić information content (AvgIpc) is 3.60. The number of nitrogens with one attached hydrogen (secondary N) is 2. The molecule has 1 aliphatic rings. The van der Waals surface area contributed by atoms with Crippen LogP contribution in [0.5, 0.6) is 5.75 Å². The molecule has 0 saturated carbocycles. The van der Waals surface area contributed by atoms with Gasteiger partial charge in [0.1, 0.15) is 17.6 Å². The van der Waals surface area contributed by atoms with Crippen LogP contribution in [0.15, 0.2) is 146 Å². The van der Waals surface area contributed by atoms with Crippen LogP contribution in [0.25, 0.3) is 22.5 Å². The minimum Gasteiger partial charge on any atom is -0.491 e. The number of anilines is 2. The third kappa shape index (κ3) is 6.04. The lowest BCUT2D eigenvalue weighted by Gasteiger charge is -2.36. The summed E-state index contributed by atoms with van der Waals surface area (Å²) in [6.07, 6.45) is 6.37. The molecular formula is C42H36N8O2. The predicted molar refractivity (Wildman–Crippen MR) is 201 cm³/mol. The quantitative estimate of drug-likeness (QED) is 0.154. The van der Waals surface area contributed by atoms with E-state index in [1.807, 2.05) is 83.5 Å². The second-order valence-corrected chi connectivity index (χ2v) is 12.8. The smallest absolute Gasteiger partial charge is 0.323 e. The SMILES string of the molecule is CC1CCCOc2c(NC(=O)Nc3cncnc3)cc(-c3ccccc3-c3nnnn3C(c3ccccc3)(c3ccccc3)c3ccccc3)cc21. The molecule has 256 valence electrons. The van der Waals surface area contributed by atoms with Gasteiger partial charge in [0.25, 0.3) is 0 Å². The molecule has 2 amide bonds. The highest BCUT2D eigenvalue weighted by Gasteiger charge is 2.42. The lowest BCUT2D eigenvalue weighted by atomic mass is 9.77. The van der Waals surface area contributed by atoms with Crippen molar-refractivity contribution in [3.8, 4) is 28.3 Å². The van der Waals surface area contributed by atoms with Crippen LogP contribution in [-0.4, -0.2) is 42.8 Å². The number of amides is 2. The molecule has 2 N–H and O–H groups in total. The summed E-state index contributed by atoms with van der Waals surface area (Å²) in [5, 5.41) is 19.7. The number of tetrazole rings is 1. The normalized spacial score (nSPS) is 14.1. The zero-order chi connectivity index (χ0) is 35.3. The number of hydrogen-bond donors (Lipinski definition) is 2. The Kier molecular flexibility index (Phi) is 8.93. The molecule has 10 heteroatoms. The Morgan fingerprint density at radius 3 is 2.00 bits per heavy atom. The maximum absolute atomic E-state index is 13.3. The summed E-state index contributed by atoms with van der Waals surface area (Å²) in [6.45, 7) is 2.76. The predicted octanol–water partition coefficient (Wildman–Crippen LogP) is 8.56. The maximum atomic E-state index is 13.3. The molecule has 7 aromatic rings. The molecule has 0 bridgehead atoms. The van der Waals surface area contributed by atoms with Gasteiger partial charge < -0.3 is 15.4 Å². The number of carbonyl (C=O) groups excluding carboxylic acids is 1. The van der Waals surface area contributed by atoms with E-state index in [0.717, 1.165) is 51.8 Å². The Bertz CT molecular complexity index is 2200. The van der Waals surface area contributed by atoms with Crippen molar-refractivity contribution in [3.63, 3.8) is 0 Å².